The standard InChI is InChI=1S/C21H32F2N4O2S/c1-3-24-20(25-13-17-12-16(2)4-5-18(17)29-19(22)23)26-14-21(6-11-30-15-21)27-7-9-28-10-8-27/h4-5,12,19H,3,6-11,13-15H2,1-2H3,(H2,24,25,26). The van der Waals surface area contributed by atoms with Gasteiger partial charge in [0.1, 0.15) is 5.75 Å². The number of alkyl halides is 2. The monoisotopic (exact) mass is 442 g/mol. The fourth-order valence-electron chi connectivity index (χ4n) is 3.93. The Labute approximate surface area is 181 Å². The highest BCUT2D eigenvalue weighted by molar-refractivity contribution is 7.99. The summed E-state index contributed by atoms with van der Waals surface area (Å²) in [7, 11) is 0. The quantitative estimate of drug-likeness (QED) is 0.477. The number of nitrogens with zero attached hydrogens (tertiary/aromatic N) is 2. The zero-order valence-electron chi connectivity index (χ0n) is 17.8. The second-order valence-corrected chi connectivity index (χ2v) is 8.77. The molecule has 6 nitrogen and oxygen atoms in total. The van der Waals surface area contributed by atoms with Crippen LogP contribution in [0.25, 0.3) is 0 Å². The van der Waals surface area contributed by atoms with E-state index in [1.165, 1.54) is 0 Å². The van der Waals surface area contributed by atoms with Gasteiger partial charge in [-0.1, -0.05) is 17.7 Å². The number of guanidine groups is 1. The van der Waals surface area contributed by atoms with Crippen LogP contribution in [0.3, 0.4) is 0 Å². The van der Waals surface area contributed by atoms with Crippen LogP contribution in [0.4, 0.5) is 8.78 Å². The van der Waals surface area contributed by atoms with E-state index in [-0.39, 0.29) is 17.8 Å². The van der Waals surface area contributed by atoms with Crippen LogP contribution in [-0.2, 0) is 11.3 Å². The molecule has 2 aliphatic rings. The third kappa shape index (κ3) is 6.21. The van der Waals surface area contributed by atoms with Crippen molar-refractivity contribution < 1.29 is 18.3 Å². The number of hydrogen-bond donors (Lipinski definition) is 2. The maximum atomic E-state index is 12.7. The van der Waals surface area contributed by atoms with Crippen LogP contribution in [0.15, 0.2) is 23.2 Å². The summed E-state index contributed by atoms with van der Waals surface area (Å²) < 4.78 is 35.7. The Kier molecular flexibility index (Phi) is 8.59. The summed E-state index contributed by atoms with van der Waals surface area (Å²) >= 11 is 1.99. The molecule has 0 aromatic heterocycles. The predicted molar refractivity (Wildman–Crippen MR) is 118 cm³/mol. The third-order valence-corrected chi connectivity index (χ3v) is 6.77. The van der Waals surface area contributed by atoms with Crippen molar-refractivity contribution in [2.45, 2.75) is 39.0 Å². The molecule has 1 aromatic carbocycles. The predicted octanol–water partition coefficient (Wildman–Crippen LogP) is 2.86. The highest BCUT2D eigenvalue weighted by Crippen LogP contribution is 2.33. The van der Waals surface area contributed by atoms with Crippen LogP contribution < -0.4 is 15.4 Å². The molecule has 0 amide bonds. The summed E-state index contributed by atoms with van der Waals surface area (Å²) in [6.07, 6.45) is 1.13. The van der Waals surface area contributed by atoms with E-state index >= 15 is 0 Å². The molecule has 3 rings (SSSR count). The van der Waals surface area contributed by atoms with Gasteiger partial charge in [-0.15, -0.1) is 0 Å². The molecule has 2 N–H and O–H groups in total. The molecule has 168 valence electrons. The van der Waals surface area contributed by atoms with E-state index in [1.807, 2.05) is 31.7 Å². The van der Waals surface area contributed by atoms with Crippen LogP contribution in [-0.4, -0.2) is 73.9 Å². The zero-order chi connectivity index (χ0) is 21.4. The van der Waals surface area contributed by atoms with Crippen LogP contribution in [0.2, 0.25) is 0 Å². The number of hydrogen-bond acceptors (Lipinski definition) is 5. The Bertz CT molecular complexity index is 708. The van der Waals surface area contributed by atoms with Gasteiger partial charge in [-0.05, 0) is 32.1 Å². The van der Waals surface area contributed by atoms with E-state index in [4.69, 9.17) is 4.74 Å². The average molecular weight is 443 g/mol. The maximum absolute atomic E-state index is 12.7. The van der Waals surface area contributed by atoms with Gasteiger partial charge >= 0.3 is 6.61 Å². The number of halogens is 2. The van der Waals surface area contributed by atoms with E-state index in [0.717, 1.165) is 62.9 Å². The molecule has 1 atom stereocenters. The molecule has 0 aliphatic carbocycles. The van der Waals surface area contributed by atoms with Crippen molar-refractivity contribution in [1.82, 2.24) is 15.5 Å². The van der Waals surface area contributed by atoms with Gasteiger partial charge in [0.2, 0.25) is 0 Å². The van der Waals surface area contributed by atoms with Crippen LogP contribution in [0, 0.1) is 6.92 Å². The summed E-state index contributed by atoms with van der Waals surface area (Å²) in [5, 5.41) is 6.77. The molecule has 0 bridgehead atoms. The van der Waals surface area contributed by atoms with Crippen molar-refractivity contribution in [2.24, 2.45) is 4.99 Å². The molecule has 2 fully saturated rings. The molecule has 1 aromatic rings. The van der Waals surface area contributed by atoms with Gasteiger partial charge in [-0.3, -0.25) is 4.90 Å². The average Bonchev–Trinajstić information content (AvgIpc) is 3.22. The van der Waals surface area contributed by atoms with E-state index in [1.54, 1.807) is 12.1 Å². The zero-order valence-corrected chi connectivity index (χ0v) is 18.6. The van der Waals surface area contributed by atoms with E-state index < -0.39 is 6.61 Å². The lowest BCUT2D eigenvalue weighted by Gasteiger charge is -2.43. The fraction of sp³-hybridized carbons (Fsp3) is 0.667. The molecule has 0 spiro atoms. The summed E-state index contributed by atoms with van der Waals surface area (Å²) in [6.45, 7) is 6.32. The van der Waals surface area contributed by atoms with Crippen molar-refractivity contribution in [1.29, 1.82) is 0 Å². The minimum atomic E-state index is -2.85. The van der Waals surface area contributed by atoms with Crippen molar-refractivity contribution in [3.8, 4) is 5.75 Å². The van der Waals surface area contributed by atoms with Crippen LogP contribution in [0.1, 0.15) is 24.5 Å². The summed E-state index contributed by atoms with van der Waals surface area (Å²) in [6, 6.07) is 5.18. The van der Waals surface area contributed by atoms with Gasteiger partial charge in [0.25, 0.3) is 0 Å². The summed E-state index contributed by atoms with van der Waals surface area (Å²) in [4.78, 5) is 7.19. The van der Waals surface area contributed by atoms with Gasteiger partial charge in [-0.25, -0.2) is 4.99 Å². The SMILES string of the molecule is CCNC(=NCc1cc(C)ccc1OC(F)F)NCC1(N2CCOCC2)CCSC1. The first-order valence-corrected chi connectivity index (χ1v) is 11.6. The number of aliphatic imine (C=N–C) groups is 1. The lowest BCUT2D eigenvalue weighted by atomic mass is 9.95. The molecule has 9 heteroatoms. The Morgan fingerprint density at radius 1 is 1.33 bits per heavy atom. The Hall–Kier alpha value is -1.58. The lowest BCUT2D eigenvalue weighted by Crippen LogP contribution is -2.60. The third-order valence-electron chi connectivity index (χ3n) is 5.53. The molecule has 0 saturated carbocycles. The first-order chi connectivity index (χ1) is 14.5. The van der Waals surface area contributed by atoms with Crippen molar-refractivity contribution in [2.75, 3.05) is 50.9 Å². The minimum Gasteiger partial charge on any atom is -0.434 e. The first kappa shape index (κ1) is 23.1. The molecular formula is C21H32F2N4O2S. The fourth-order valence-corrected chi connectivity index (χ4v) is 5.41. The van der Waals surface area contributed by atoms with Gasteiger partial charge in [0.05, 0.1) is 19.8 Å². The largest absolute Gasteiger partial charge is 0.434 e. The molecule has 0 radical (unpaired) electrons. The van der Waals surface area contributed by atoms with Crippen LogP contribution >= 0.6 is 11.8 Å². The number of aryl methyl sites for hydroxylation is 1. The van der Waals surface area contributed by atoms with Crippen molar-refractivity contribution in [3.63, 3.8) is 0 Å². The molecule has 2 saturated heterocycles. The number of rotatable bonds is 8. The number of nitrogens with one attached hydrogen (secondary N) is 2. The lowest BCUT2D eigenvalue weighted by molar-refractivity contribution is -0.0504. The molecule has 2 aliphatic heterocycles. The van der Waals surface area contributed by atoms with E-state index in [9.17, 15) is 8.78 Å². The minimum absolute atomic E-state index is 0.0952. The second-order valence-electron chi connectivity index (χ2n) is 7.66. The Morgan fingerprint density at radius 2 is 2.13 bits per heavy atom. The second kappa shape index (κ2) is 11.2. The van der Waals surface area contributed by atoms with Gasteiger partial charge < -0.3 is 20.1 Å². The highest BCUT2D eigenvalue weighted by atomic mass is 32.2. The summed E-state index contributed by atoms with van der Waals surface area (Å²) in [5.74, 6) is 3.10. The number of morpholine rings is 1. The van der Waals surface area contributed by atoms with Gasteiger partial charge in [-0.2, -0.15) is 20.5 Å². The summed E-state index contributed by atoms with van der Waals surface area (Å²) in [5.41, 5.74) is 1.72. The van der Waals surface area contributed by atoms with Crippen molar-refractivity contribution in [3.05, 3.63) is 29.3 Å². The van der Waals surface area contributed by atoms with Crippen LogP contribution in [0.5, 0.6) is 5.75 Å². The number of thioether (sulfide) groups is 1. The number of benzene rings is 1. The molecule has 30 heavy (non-hydrogen) atoms. The van der Waals surface area contributed by atoms with Gasteiger partial charge in [0, 0.05) is 43.0 Å². The topological polar surface area (TPSA) is 58.1 Å². The maximum Gasteiger partial charge on any atom is 0.387 e. The number of ether oxygens (including phenoxy) is 2. The molecular weight excluding hydrogens is 410 g/mol. The normalized spacial score (nSPS) is 23.0. The van der Waals surface area contributed by atoms with Crippen molar-refractivity contribution >= 4 is 17.7 Å². The smallest absolute Gasteiger partial charge is 0.387 e. The van der Waals surface area contributed by atoms with E-state index in [0.29, 0.717) is 11.5 Å². The first-order valence-electron chi connectivity index (χ1n) is 10.5. The Morgan fingerprint density at radius 3 is 2.80 bits per heavy atom. The molecule has 2 heterocycles. The Balaban J connectivity index is 1.69. The molecule has 1 unspecified atom stereocenters. The highest BCUT2D eigenvalue weighted by Gasteiger charge is 2.40. The van der Waals surface area contributed by atoms with E-state index in [2.05, 4.69) is 25.3 Å². The van der Waals surface area contributed by atoms with Gasteiger partial charge in [0.15, 0.2) is 5.96 Å².